The Morgan fingerprint density at radius 2 is 1.70 bits per heavy atom. The van der Waals surface area contributed by atoms with Crippen molar-refractivity contribution in [3.63, 3.8) is 0 Å². The number of esters is 1. The highest BCUT2D eigenvalue weighted by molar-refractivity contribution is 7.89. The first-order valence-electron chi connectivity index (χ1n) is 10.4. The fourth-order valence-electron chi connectivity index (χ4n) is 3.08. The molecule has 0 heterocycles. The maximum Gasteiger partial charge on any atom is 0.308 e. The van der Waals surface area contributed by atoms with Gasteiger partial charge in [0.25, 0.3) is 0 Å². The van der Waals surface area contributed by atoms with Gasteiger partial charge in [-0.2, -0.15) is 4.72 Å². The second-order valence-electron chi connectivity index (χ2n) is 7.55. The number of aliphatic hydroxyl groups excluding tert-OH is 1. The summed E-state index contributed by atoms with van der Waals surface area (Å²) in [5.41, 5.74) is 0.761. The molecular formula is C23H30N2O7S. The van der Waals surface area contributed by atoms with Crippen molar-refractivity contribution in [2.24, 2.45) is 0 Å². The van der Waals surface area contributed by atoms with E-state index in [2.05, 4.69) is 4.72 Å². The lowest BCUT2D eigenvalue weighted by molar-refractivity contribution is -0.148. The Hall–Kier alpha value is -2.95. The van der Waals surface area contributed by atoms with Crippen molar-refractivity contribution in [1.29, 1.82) is 0 Å². The highest BCUT2D eigenvalue weighted by Gasteiger charge is 2.32. The molecule has 10 heteroatoms. The molecule has 0 aromatic heterocycles. The van der Waals surface area contributed by atoms with E-state index in [9.17, 15) is 23.1 Å². The topological polar surface area (TPSA) is 122 Å². The number of nitrogens with one attached hydrogen (secondary N) is 1. The number of aliphatic hydroxyl groups is 1. The van der Waals surface area contributed by atoms with Crippen molar-refractivity contribution in [1.82, 2.24) is 9.62 Å². The quantitative estimate of drug-likeness (QED) is 0.445. The molecule has 0 fully saturated rings. The third-order valence-electron chi connectivity index (χ3n) is 4.83. The number of sulfonamides is 1. The molecule has 0 bridgehead atoms. The molecule has 33 heavy (non-hydrogen) atoms. The summed E-state index contributed by atoms with van der Waals surface area (Å²) in [7, 11) is -2.68. The second kappa shape index (κ2) is 12.3. The van der Waals surface area contributed by atoms with E-state index in [-0.39, 0.29) is 30.7 Å². The van der Waals surface area contributed by atoms with Gasteiger partial charge in [-0.25, -0.2) is 8.42 Å². The Balaban J connectivity index is 2.23. The molecule has 0 aliphatic carbocycles. The molecule has 0 spiro atoms. The van der Waals surface area contributed by atoms with Crippen LogP contribution in [0.4, 0.5) is 0 Å². The molecule has 0 unspecified atom stereocenters. The number of benzene rings is 2. The predicted molar refractivity (Wildman–Crippen MR) is 122 cm³/mol. The molecule has 0 aliphatic rings. The van der Waals surface area contributed by atoms with Gasteiger partial charge in [0.15, 0.2) is 0 Å². The minimum Gasteiger partial charge on any atom is -0.497 e. The monoisotopic (exact) mass is 478 g/mol. The van der Waals surface area contributed by atoms with E-state index < -0.39 is 34.4 Å². The van der Waals surface area contributed by atoms with Crippen LogP contribution in [0.3, 0.4) is 0 Å². The summed E-state index contributed by atoms with van der Waals surface area (Å²) in [4.78, 5) is 26.9. The number of hydrogen-bond acceptors (Lipinski definition) is 7. The Kier molecular flexibility index (Phi) is 9.83. The van der Waals surface area contributed by atoms with E-state index in [0.717, 1.165) is 5.56 Å². The molecule has 0 radical (unpaired) electrons. The van der Waals surface area contributed by atoms with Gasteiger partial charge < -0.3 is 19.5 Å². The highest BCUT2D eigenvalue weighted by Crippen LogP contribution is 2.17. The average Bonchev–Trinajstić information content (AvgIpc) is 2.80. The lowest BCUT2D eigenvalue weighted by Crippen LogP contribution is -2.52. The zero-order chi connectivity index (χ0) is 24.4. The number of carbonyl (C=O) groups excluding carboxylic acids is 2. The van der Waals surface area contributed by atoms with Gasteiger partial charge in [0.2, 0.25) is 15.9 Å². The average molecular weight is 479 g/mol. The molecule has 0 aliphatic heterocycles. The van der Waals surface area contributed by atoms with E-state index in [0.29, 0.717) is 5.75 Å². The molecule has 9 nitrogen and oxygen atoms in total. The van der Waals surface area contributed by atoms with Gasteiger partial charge in [-0.15, -0.1) is 0 Å². The smallest absolute Gasteiger partial charge is 0.308 e. The molecule has 0 saturated heterocycles. The van der Waals surface area contributed by atoms with E-state index in [1.54, 1.807) is 38.1 Å². The third kappa shape index (κ3) is 7.85. The summed E-state index contributed by atoms with van der Waals surface area (Å²) >= 11 is 0. The van der Waals surface area contributed by atoms with E-state index >= 15 is 0 Å². The minimum atomic E-state index is -4.14. The second-order valence-corrected chi connectivity index (χ2v) is 9.26. The van der Waals surface area contributed by atoms with Gasteiger partial charge in [0, 0.05) is 12.6 Å². The van der Waals surface area contributed by atoms with Crippen LogP contribution in [0, 0.1) is 0 Å². The van der Waals surface area contributed by atoms with Gasteiger partial charge in [-0.3, -0.25) is 9.59 Å². The first-order valence-corrected chi connectivity index (χ1v) is 11.9. The lowest BCUT2D eigenvalue weighted by Gasteiger charge is -2.30. The fourth-order valence-corrected chi connectivity index (χ4v) is 4.27. The maximum absolute atomic E-state index is 13.2. The number of hydrogen-bond donors (Lipinski definition) is 2. The molecule has 2 rings (SSSR count). The van der Waals surface area contributed by atoms with Gasteiger partial charge in [-0.1, -0.05) is 30.3 Å². The summed E-state index contributed by atoms with van der Waals surface area (Å²) in [6.07, 6.45) is -0.504. The van der Waals surface area contributed by atoms with Gasteiger partial charge in [0.05, 0.1) is 25.0 Å². The molecule has 2 aromatic carbocycles. The third-order valence-corrected chi connectivity index (χ3v) is 6.31. The number of carbonyl (C=O) groups is 2. The van der Waals surface area contributed by atoms with E-state index in [1.165, 1.54) is 36.3 Å². The van der Waals surface area contributed by atoms with Gasteiger partial charge in [0.1, 0.15) is 18.4 Å². The number of methoxy groups -OCH3 is 1. The molecule has 2 N–H and O–H groups in total. The molecule has 1 atom stereocenters. The van der Waals surface area contributed by atoms with Crippen LogP contribution in [0.2, 0.25) is 0 Å². The largest absolute Gasteiger partial charge is 0.497 e. The van der Waals surface area contributed by atoms with Crippen molar-refractivity contribution in [2.45, 2.75) is 43.9 Å². The van der Waals surface area contributed by atoms with Crippen LogP contribution in [0.5, 0.6) is 5.75 Å². The maximum atomic E-state index is 13.2. The molecular weight excluding hydrogens is 448 g/mol. The van der Waals surface area contributed by atoms with Crippen molar-refractivity contribution in [3.8, 4) is 5.75 Å². The fraction of sp³-hybridized carbons (Fsp3) is 0.391. The van der Waals surface area contributed by atoms with Crippen LogP contribution < -0.4 is 9.46 Å². The Morgan fingerprint density at radius 1 is 1.06 bits per heavy atom. The Bertz CT molecular complexity index is 1010. The minimum absolute atomic E-state index is 0.00362. The number of rotatable bonds is 12. The first-order chi connectivity index (χ1) is 15.7. The van der Waals surface area contributed by atoms with Gasteiger partial charge in [-0.05, 0) is 43.7 Å². The van der Waals surface area contributed by atoms with Crippen LogP contribution in [0.15, 0.2) is 59.5 Å². The number of nitrogens with zero attached hydrogens (tertiary/aromatic N) is 1. The number of amides is 1. The summed E-state index contributed by atoms with van der Waals surface area (Å²) < 4.78 is 38.5. The molecule has 180 valence electrons. The Morgan fingerprint density at radius 3 is 2.24 bits per heavy atom. The van der Waals surface area contributed by atoms with Crippen LogP contribution in [-0.2, 0) is 31.0 Å². The normalized spacial score (nSPS) is 12.3. The SMILES string of the molecule is COc1ccc(S(=O)(=O)N[C@H](CC(=O)OCc2ccccc2)C(=O)N(CCO)C(C)C)cc1. The van der Waals surface area contributed by atoms with Crippen LogP contribution in [0.1, 0.15) is 25.8 Å². The summed E-state index contributed by atoms with van der Waals surface area (Å²) in [5.74, 6) is -0.893. The van der Waals surface area contributed by atoms with E-state index in [1.807, 2.05) is 6.07 Å². The molecule has 1 amide bonds. The number of ether oxygens (including phenoxy) is 2. The standard InChI is InChI=1S/C23H30N2O7S/c1-17(2)25(13-14-26)23(28)21(15-22(27)32-16-18-7-5-4-6-8-18)24-33(29,30)20-11-9-19(31-3)10-12-20/h4-12,17,21,24,26H,13-16H2,1-3H3/t21-/m1/s1. The van der Waals surface area contributed by atoms with Crippen molar-refractivity contribution >= 4 is 21.9 Å². The van der Waals surface area contributed by atoms with Crippen LogP contribution >= 0.6 is 0 Å². The summed E-state index contributed by atoms with van der Waals surface area (Å²) in [6.45, 7) is 3.15. The summed E-state index contributed by atoms with van der Waals surface area (Å²) in [6, 6.07) is 12.9. The lowest BCUT2D eigenvalue weighted by atomic mass is 10.1. The predicted octanol–water partition coefficient (Wildman–Crippen LogP) is 1.70. The Labute approximate surface area is 194 Å². The summed E-state index contributed by atoms with van der Waals surface area (Å²) in [5, 5.41) is 9.33. The molecule has 2 aromatic rings. The van der Waals surface area contributed by atoms with Crippen LogP contribution in [-0.4, -0.2) is 62.6 Å². The first kappa shape index (κ1) is 26.3. The van der Waals surface area contributed by atoms with Gasteiger partial charge >= 0.3 is 5.97 Å². The van der Waals surface area contributed by atoms with Crippen molar-refractivity contribution in [2.75, 3.05) is 20.3 Å². The van der Waals surface area contributed by atoms with Crippen molar-refractivity contribution in [3.05, 3.63) is 60.2 Å². The van der Waals surface area contributed by atoms with Crippen molar-refractivity contribution < 1.29 is 32.6 Å². The highest BCUT2D eigenvalue weighted by atomic mass is 32.2. The van der Waals surface area contributed by atoms with Crippen LogP contribution in [0.25, 0.3) is 0 Å². The zero-order valence-electron chi connectivity index (χ0n) is 18.9. The van der Waals surface area contributed by atoms with E-state index in [4.69, 9.17) is 9.47 Å². The molecule has 0 saturated carbocycles. The zero-order valence-corrected chi connectivity index (χ0v) is 19.7.